The molecule has 3 heteroatoms. The molecule has 1 rings (SSSR count). The van der Waals surface area contributed by atoms with Crippen LogP contribution in [0.25, 0.3) is 0 Å². The van der Waals surface area contributed by atoms with Crippen LogP contribution in [0.4, 0.5) is 0 Å². The highest BCUT2D eigenvalue weighted by Gasteiger charge is 2.17. The summed E-state index contributed by atoms with van der Waals surface area (Å²) in [4.78, 5) is 21.7. The first kappa shape index (κ1) is 8.46. The molecule has 0 N–H and O–H groups in total. The molecule has 0 aliphatic heterocycles. The van der Waals surface area contributed by atoms with Crippen LogP contribution in [0.1, 0.15) is 0 Å². The smallest absolute Gasteiger partial charge is 0.331 e. The van der Waals surface area contributed by atoms with Gasteiger partial charge >= 0.3 is 5.97 Å². The lowest BCUT2D eigenvalue weighted by Gasteiger charge is -2.10. The van der Waals surface area contributed by atoms with E-state index >= 15 is 0 Å². The first-order chi connectivity index (χ1) is 5.74. The van der Waals surface area contributed by atoms with E-state index in [2.05, 4.69) is 6.58 Å². The maximum absolute atomic E-state index is 11.0. The molecular weight excluding hydrogens is 156 g/mol. The summed E-state index contributed by atoms with van der Waals surface area (Å²) in [6.07, 6.45) is 6.38. The van der Waals surface area contributed by atoms with Gasteiger partial charge in [0, 0.05) is 6.08 Å². The summed E-state index contributed by atoms with van der Waals surface area (Å²) in [5.41, 5.74) is 0. The molecule has 0 radical (unpaired) electrons. The van der Waals surface area contributed by atoms with E-state index in [9.17, 15) is 9.59 Å². The van der Waals surface area contributed by atoms with Crippen LogP contribution in [0.15, 0.2) is 37.0 Å². The number of ether oxygens (including phenoxy) is 1. The molecule has 0 spiro atoms. The monoisotopic (exact) mass is 164 g/mol. The summed E-state index contributed by atoms with van der Waals surface area (Å²) < 4.78 is 4.71. The topological polar surface area (TPSA) is 43.4 Å². The third kappa shape index (κ3) is 1.92. The van der Waals surface area contributed by atoms with E-state index in [-0.39, 0.29) is 5.78 Å². The molecule has 3 nitrogen and oxygen atoms in total. The Kier molecular flexibility index (Phi) is 2.58. The highest BCUT2D eigenvalue weighted by molar-refractivity contribution is 5.98. The average molecular weight is 164 g/mol. The van der Waals surface area contributed by atoms with Crippen molar-refractivity contribution in [2.45, 2.75) is 6.10 Å². The molecule has 12 heavy (non-hydrogen) atoms. The molecule has 0 bridgehead atoms. The van der Waals surface area contributed by atoms with Gasteiger partial charge in [0.25, 0.3) is 0 Å². The normalized spacial score (nSPS) is 20.7. The third-order valence-corrected chi connectivity index (χ3v) is 1.35. The van der Waals surface area contributed by atoms with Gasteiger partial charge in [0.05, 0.1) is 0 Å². The van der Waals surface area contributed by atoms with Crippen molar-refractivity contribution in [3.05, 3.63) is 37.0 Å². The van der Waals surface area contributed by atoms with Gasteiger partial charge in [0.15, 0.2) is 11.9 Å². The summed E-state index contributed by atoms with van der Waals surface area (Å²) in [5, 5.41) is 0. The molecule has 0 heterocycles. The zero-order valence-corrected chi connectivity index (χ0v) is 6.40. The van der Waals surface area contributed by atoms with E-state index in [4.69, 9.17) is 4.74 Å². The molecule has 1 aliphatic rings. The molecular formula is C9H8O3. The number of carbonyl (C=O) groups excluding carboxylic acids is 2. The van der Waals surface area contributed by atoms with Gasteiger partial charge in [0.1, 0.15) is 0 Å². The zero-order valence-electron chi connectivity index (χ0n) is 6.40. The Morgan fingerprint density at radius 1 is 1.58 bits per heavy atom. The van der Waals surface area contributed by atoms with Gasteiger partial charge in [-0.3, -0.25) is 4.79 Å². The number of ketones is 1. The lowest BCUT2D eigenvalue weighted by molar-refractivity contribution is -0.146. The number of esters is 1. The van der Waals surface area contributed by atoms with Gasteiger partial charge in [-0.25, -0.2) is 4.79 Å². The van der Waals surface area contributed by atoms with Crippen LogP contribution in [0.2, 0.25) is 0 Å². The van der Waals surface area contributed by atoms with Gasteiger partial charge in [0.2, 0.25) is 0 Å². The number of hydrogen-bond donors (Lipinski definition) is 0. The second kappa shape index (κ2) is 3.67. The summed E-state index contributed by atoms with van der Waals surface area (Å²) in [6.45, 7) is 3.22. The van der Waals surface area contributed by atoms with Crippen LogP contribution in [-0.4, -0.2) is 17.9 Å². The average Bonchev–Trinajstić information content (AvgIpc) is 2.09. The minimum Gasteiger partial charge on any atom is -0.447 e. The van der Waals surface area contributed by atoms with Crippen molar-refractivity contribution in [3.8, 4) is 0 Å². The minimum absolute atomic E-state index is 0.229. The van der Waals surface area contributed by atoms with Gasteiger partial charge in [-0.1, -0.05) is 18.7 Å². The predicted molar refractivity (Wildman–Crippen MR) is 43.4 cm³/mol. The van der Waals surface area contributed by atoms with Crippen molar-refractivity contribution in [1.82, 2.24) is 0 Å². The molecule has 0 aromatic heterocycles. The molecule has 1 unspecified atom stereocenters. The molecule has 0 saturated carbocycles. The standard InChI is InChI=1S/C9H8O3/c1-2-9(11)12-8-6-4-3-5-7(8)10/h2-6,8H,1H2. The van der Waals surface area contributed by atoms with Crippen LogP contribution in [0.5, 0.6) is 0 Å². The first-order valence-corrected chi connectivity index (χ1v) is 3.46. The van der Waals surface area contributed by atoms with Crippen molar-refractivity contribution >= 4 is 11.8 Å². The SMILES string of the molecule is C=CC(=O)OC1C=CC=CC1=O. The molecule has 0 saturated heterocycles. The fourth-order valence-corrected chi connectivity index (χ4v) is 0.776. The Balaban J connectivity index is 2.58. The van der Waals surface area contributed by atoms with Gasteiger partial charge in [-0.2, -0.15) is 0 Å². The van der Waals surface area contributed by atoms with Crippen molar-refractivity contribution in [3.63, 3.8) is 0 Å². The van der Waals surface area contributed by atoms with E-state index in [0.717, 1.165) is 6.08 Å². The number of rotatable bonds is 2. The lowest BCUT2D eigenvalue weighted by Crippen LogP contribution is -2.24. The van der Waals surface area contributed by atoms with E-state index in [1.165, 1.54) is 12.2 Å². The predicted octanol–water partition coefficient (Wildman–Crippen LogP) is 0.779. The summed E-state index contributed by atoms with van der Waals surface area (Å²) >= 11 is 0. The Bertz CT molecular complexity index is 273. The Hall–Kier alpha value is -1.64. The second-order valence-electron chi connectivity index (χ2n) is 2.21. The minimum atomic E-state index is -0.777. The van der Waals surface area contributed by atoms with Gasteiger partial charge < -0.3 is 4.74 Å². The number of allylic oxidation sites excluding steroid dienone is 2. The summed E-state index contributed by atoms with van der Waals surface area (Å²) in [5.74, 6) is -0.819. The first-order valence-electron chi connectivity index (χ1n) is 3.46. The van der Waals surface area contributed by atoms with Gasteiger partial charge in [-0.15, -0.1) is 0 Å². The quantitative estimate of drug-likeness (QED) is 0.447. The van der Waals surface area contributed by atoms with Crippen LogP contribution >= 0.6 is 0 Å². The number of carbonyl (C=O) groups is 2. The fourth-order valence-electron chi connectivity index (χ4n) is 0.776. The third-order valence-electron chi connectivity index (χ3n) is 1.35. The Labute approximate surface area is 70.0 Å². The van der Waals surface area contributed by atoms with Crippen molar-refractivity contribution in [1.29, 1.82) is 0 Å². The van der Waals surface area contributed by atoms with Crippen LogP contribution in [-0.2, 0) is 14.3 Å². The van der Waals surface area contributed by atoms with Crippen LogP contribution < -0.4 is 0 Å². The highest BCUT2D eigenvalue weighted by atomic mass is 16.5. The fraction of sp³-hybridized carbons (Fsp3) is 0.111. The van der Waals surface area contributed by atoms with Crippen LogP contribution in [0, 0.1) is 0 Å². The van der Waals surface area contributed by atoms with E-state index in [0.29, 0.717) is 0 Å². The molecule has 0 fully saturated rings. The molecule has 62 valence electrons. The lowest BCUT2D eigenvalue weighted by atomic mass is 10.1. The molecule has 0 aromatic carbocycles. The Morgan fingerprint density at radius 2 is 2.33 bits per heavy atom. The van der Waals surface area contributed by atoms with Crippen molar-refractivity contribution < 1.29 is 14.3 Å². The summed E-state index contributed by atoms with van der Waals surface area (Å²) in [7, 11) is 0. The molecule has 1 aliphatic carbocycles. The van der Waals surface area contributed by atoms with Gasteiger partial charge in [-0.05, 0) is 12.2 Å². The summed E-state index contributed by atoms with van der Waals surface area (Å²) in [6, 6.07) is 0. The van der Waals surface area contributed by atoms with Crippen LogP contribution in [0.3, 0.4) is 0 Å². The largest absolute Gasteiger partial charge is 0.447 e. The maximum atomic E-state index is 11.0. The van der Waals surface area contributed by atoms with E-state index < -0.39 is 12.1 Å². The highest BCUT2D eigenvalue weighted by Crippen LogP contribution is 2.04. The molecule has 0 amide bonds. The van der Waals surface area contributed by atoms with E-state index in [1.54, 1.807) is 12.2 Å². The van der Waals surface area contributed by atoms with Crippen molar-refractivity contribution in [2.75, 3.05) is 0 Å². The van der Waals surface area contributed by atoms with E-state index in [1.807, 2.05) is 0 Å². The molecule has 0 aromatic rings. The maximum Gasteiger partial charge on any atom is 0.331 e. The Morgan fingerprint density at radius 3 is 2.92 bits per heavy atom. The number of hydrogen-bond acceptors (Lipinski definition) is 3. The zero-order chi connectivity index (χ0) is 8.97. The van der Waals surface area contributed by atoms with Crippen molar-refractivity contribution in [2.24, 2.45) is 0 Å². The molecule has 1 atom stereocenters. The second-order valence-corrected chi connectivity index (χ2v) is 2.21.